The van der Waals surface area contributed by atoms with E-state index in [2.05, 4.69) is 29.0 Å². The van der Waals surface area contributed by atoms with Crippen LogP contribution in [-0.4, -0.2) is 15.1 Å². The predicted octanol–water partition coefficient (Wildman–Crippen LogP) is 2.44. The Bertz CT molecular complexity index is 420. The van der Waals surface area contributed by atoms with Gasteiger partial charge < -0.3 is 10.1 Å². The van der Waals surface area contributed by atoms with E-state index in [-0.39, 0.29) is 0 Å². The van der Waals surface area contributed by atoms with Crippen molar-refractivity contribution in [3.05, 3.63) is 53.6 Å². The molecule has 16 heavy (non-hydrogen) atoms. The minimum Gasteiger partial charge on any atom is -0.380 e. The van der Waals surface area contributed by atoms with Crippen LogP contribution < -0.4 is 0 Å². The number of aromatic nitrogens is 2. The van der Waals surface area contributed by atoms with Gasteiger partial charge in [-0.1, -0.05) is 37.6 Å². The minimum atomic E-state index is -0.661. The van der Waals surface area contributed by atoms with Crippen LogP contribution in [0.3, 0.4) is 0 Å². The SMILES string of the molecule is CCCc1ccc(C(O)c2ncc[nH]2)cc1. The van der Waals surface area contributed by atoms with E-state index in [0.717, 1.165) is 18.4 Å². The fourth-order valence-electron chi connectivity index (χ4n) is 1.74. The van der Waals surface area contributed by atoms with Crippen molar-refractivity contribution in [2.24, 2.45) is 0 Å². The van der Waals surface area contributed by atoms with Gasteiger partial charge in [0.1, 0.15) is 11.9 Å². The molecule has 0 saturated heterocycles. The maximum absolute atomic E-state index is 10.0. The number of aliphatic hydroxyl groups excluding tert-OH is 1. The van der Waals surface area contributed by atoms with E-state index in [9.17, 15) is 5.11 Å². The number of aryl methyl sites for hydroxylation is 1. The van der Waals surface area contributed by atoms with Crippen molar-refractivity contribution >= 4 is 0 Å². The lowest BCUT2D eigenvalue weighted by Crippen LogP contribution is -2.01. The first-order valence-electron chi connectivity index (χ1n) is 5.57. The van der Waals surface area contributed by atoms with Crippen LogP contribution in [0.15, 0.2) is 36.7 Å². The van der Waals surface area contributed by atoms with Gasteiger partial charge in [-0.3, -0.25) is 0 Å². The summed E-state index contributed by atoms with van der Waals surface area (Å²) in [6.07, 6.45) is 4.91. The Balaban J connectivity index is 2.15. The number of rotatable bonds is 4. The molecule has 0 fully saturated rings. The maximum atomic E-state index is 10.0. The Morgan fingerprint density at radius 3 is 2.62 bits per heavy atom. The van der Waals surface area contributed by atoms with E-state index in [1.807, 2.05) is 12.1 Å². The Labute approximate surface area is 95.2 Å². The molecule has 0 amide bonds. The summed E-state index contributed by atoms with van der Waals surface area (Å²) < 4.78 is 0. The van der Waals surface area contributed by atoms with Gasteiger partial charge in [-0.15, -0.1) is 0 Å². The number of hydrogen-bond donors (Lipinski definition) is 2. The monoisotopic (exact) mass is 216 g/mol. The third kappa shape index (κ3) is 2.31. The van der Waals surface area contributed by atoms with Gasteiger partial charge in [-0.2, -0.15) is 0 Å². The number of H-pyrrole nitrogens is 1. The fraction of sp³-hybridized carbons (Fsp3) is 0.308. The summed E-state index contributed by atoms with van der Waals surface area (Å²) in [5, 5.41) is 10.0. The van der Waals surface area contributed by atoms with Gasteiger partial charge in [0.25, 0.3) is 0 Å². The molecule has 1 atom stereocenters. The van der Waals surface area contributed by atoms with Crippen molar-refractivity contribution in [3.8, 4) is 0 Å². The van der Waals surface area contributed by atoms with Crippen LogP contribution in [-0.2, 0) is 6.42 Å². The number of nitrogens with zero attached hydrogens (tertiary/aromatic N) is 1. The minimum absolute atomic E-state index is 0.586. The molecule has 1 unspecified atom stereocenters. The summed E-state index contributed by atoms with van der Waals surface area (Å²) >= 11 is 0. The van der Waals surface area contributed by atoms with Gasteiger partial charge in [0, 0.05) is 12.4 Å². The maximum Gasteiger partial charge on any atom is 0.139 e. The summed E-state index contributed by atoms with van der Waals surface area (Å²) in [7, 11) is 0. The normalized spacial score (nSPS) is 12.6. The van der Waals surface area contributed by atoms with Crippen molar-refractivity contribution in [3.63, 3.8) is 0 Å². The first kappa shape index (κ1) is 10.9. The van der Waals surface area contributed by atoms with Crippen molar-refractivity contribution in [2.45, 2.75) is 25.9 Å². The molecular formula is C13H16N2O. The molecule has 1 aromatic heterocycles. The zero-order chi connectivity index (χ0) is 11.4. The lowest BCUT2D eigenvalue weighted by Gasteiger charge is -2.08. The molecule has 0 radical (unpaired) electrons. The summed E-state index contributed by atoms with van der Waals surface area (Å²) in [5.41, 5.74) is 2.17. The molecule has 2 aromatic rings. The van der Waals surface area contributed by atoms with Crippen LogP contribution in [0.5, 0.6) is 0 Å². The highest BCUT2D eigenvalue weighted by Crippen LogP contribution is 2.19. The lowest BCUT2D eigenvalue weighted by molar-refractivity contribution is 0.211. The third-order valence-electron chi connectivity index (χ3n) is 2.61. The number of aliphatic hydroxyl groups is 1. The molecule has 3 heteroatoms. The van der Waals surface area contributed by atoms with E-state index in [1.54, 1.807) is 12.4 Å². The van der Waals surface area contributed by atoms with Crippen molar-refractivity contribution in [1.82, 2.24) is 9.97 Å². The van der Waals surface area contributed by atoms with Gasteiger partial charge >= 0.3 is 0 Å². The van der Waals surface area contributed by atoms with E-state index >= 15 is 0 Å². The number of benzene rings is 1. The zero-order valence-corrected chi connectivity index (χ0v) is 9.35. The lowest BCUT2D eigenvalue weighted by atomic mass is 10.0. The number of hydrogen-bond acceptors (Lipinski definition) is 2. The van der Waals surface area contributed by atoms with Gasteiger partial charge in [0.15, 0.2) is 0 Å². The molecule has 2 N–H and O–H groups in total. The van der Waals surface area contributed by atoms with Crippen LogP contribution in [0.25, 0.3) is 0 Å². The number of nitrogens with one attached hydrogen (secondary N) is 1. The number of aromatic amines is 1. The van der Waals surface area contributed by atoms with E-state index in [4.69, 9.17) is 0 Å². The van der Waals surface area contributed by atoms with Crippen LogP contribution in [0, 0.1) is 0 Å². The van der Waals surface area contributed by atoms with Gasteiger partial charge in [-0.25, -0.2) is 4.98 Å². The molecule has 0 aliphatic heterocycles. The molecule has 1 aromatic carbocycles. The van der Waals surface area contributed by atoms with Crippen LogP contribution in [0.4, 0.5) is 0 Å². The topological polar surface area (TPSA) is 48.9 Å². The quantitative estimate of drug-likeness (QED) is 0.824. The second-order valence-electron chi connectivity index (χ2n) is 3.87. The van der Waals surface area contributed by atoms with Crippen LogP contribution in [0.1, 0.15) is 36.4 Å². The average Bonchev–Trinajstić information content (AvgIpc) is 2.83. The zero-order valence-electron chi connectivity index (χ0n) is 9.35. The van der Waals surface area contributed by atoms with Crippen molar-refractivity contribution < 1.29 is 5.11 Å². The highest BCUT2D eigenvalue weighted by Gasteiger charge is 2.11. The largest absolute Gasteiger partial charge is 0.380 e. The summed E-state index contributed by atoms with van der Waals surface area (Å²) in [6, 6.07) is 8.03. The van der Waals surface area contributed by atoms with E-state index in [0.29, 0.717) is 5.82 Å². The molecule has 3 nitrogen and oxygen atoms in total. The van der Waals surface area contributed by atoms with Gasteiger partial charge in [0.2, 0.25) is 0 Å². The Kier molecular flexibility index (Phi) is 3.37. The molecule has 0 aliphatic rings. The van der Waals surface area contributed by atoms with Gasteiger partial charge in [0.05, 0.1) is 0 Å². The molecule has 84 valence electrons. The summed E-state index contributed by atoms with van der Waals surface area (Å²) in [4.78, 5) is 6.96. The molecule has 2 rings (SSSR count). The van der Waals surface area contributed by atoms with E-state index < -0.39 is 6.10 Å². The molecule has 0 bridgehead atoms. The third-order valence-corrected chi connectivity index (χ3v) is 2.61. The number of imidazole rings is 1. The van der Waals surface area contributed by atoms with Crippen LogP contribution in [0.2, 0.25) is 0 Å². The van der Waals surface area contributed by atoms with Crippen molar-refractivity contribution in [1.29, 1.82) is 0 Å². The molecule has 0 saturated carbocycles. The molecular weight excluding hydrogens is 200 g/mol. The highest BCUT2D eigenvalue weighted by molar-refractivity contribution is 5.27. The Hall–Kier alpha value is -1.61. The first-order chi connectivity index (χ1) is 7.81. The summed E-state index contributed by atoms with van der Waals surface area (Å²) in [6.45, 7) is 2.16. The second-order valence-corrected chi connectivity index (χ2v) is 3.87. The molecule has 1 heterocycles. The molecule has 0 aliphatic carbocycles. The van der Waals surface area contributed by atoms with Gasteiger partial charge in [-0.05, 0) is 17.5 Å². The summed E-state index contributed by atoms with van der Waals surface area (Å²) in [5.74, 6) is 0.586. The first-order valence-corrected chi connectivity index (χ1v) is 5.57. The Morgan fingerprint density at radius 2 is 2.06 bits per heavy atom. The van der Waals surface area contributed by atoms with Crippen molar-refractivity contribution in [2.75, 3.05) is 0 Å². The predicted molar refractivity (Wildman–Crippen MR) is 63.1 cm³/mol. The molecule has 0 spiro atoms. The van der Waals surface area contributed by atoms with E-state index in [1.165, 1.54) is 5.56 Å². The average molecular weight is 216 g/mol. The smallest absolute Gasteiger partial charge is 0.139 e. The van der Waals surface area contributed by atoms with Crippen LogP contribution >= 0.6 is 0 Å². The Morgan fingerprint density at radius 1 is 1.31 bits per heavy atom. The highest BCUT2D eigenvalue weighted by atomic mass is 16.3. The second kappa shape index (κ2) is 4.94. The standard InChI is InChI=1S/C13H16N2O/c1-2-3-10-4-6-11(7-5-10)12(16)13-14-8-9-15-13/h4-9,12,16H,2-3H2,1H3,(H,14,15). The fourth-order valence-corrected chi connectivity index (χ4v) is 1.74.